The summed E-state index contributed by atoms with van der Waals surface area (Å²) in [5, 5.41) is 4.04. The van der Waals surface area contributed by atoms with Crippen molar-refractivity contribution in [2.75, 3.05) is 26.3 Å². The van der Waals surface area contributed by atoms with Crippen molar-refractivity contribution in [2.45, 2.75) is 18.5 Å². The molecule has 5 heteroatoms. The number of carbonyl (C=O) groups excluding carboxylic acids is 1. The van der Waals surface area contributed by atoms with Crippen LogP contribution in [0.25, 0.3) is 0 Å². The van der Waals surface area contributed by atoms with E-state index in [0.29, 0.717) is 18.2 Å². The average molecular weight is 281 g/mol. The summed E-state index contributed by atoms with van der Waals surface area (Å²) in [6.45, 7) is 3.14. The predicted molar refractivity (Wildman–Crippen MR) is 73.0 cm³/mol. The van der Waals surface area contributed by atoms with E-state index in [4.69, 9.17) is 16.3 Å². The largest absolute Gasteiger partial charge is 0.369 e. The second-order valence-electron chi connectivity index (χ2n) is 5.25. The van der Waals surface area contributed by atoms with Gasteiger partial charge in [-0.15, -0.1) is 0 Å². The molecule has 19 heavy (non-hydrogen) atoms. The molecular weight excluding hydrogens is 264 g/mol. The van der Waals surface area contributed by atoms with E-state index >= 15 is 0 Å². The van der Waals surface area contributed by atoms with E-state index in [1.807, 2.05) is 29.2 Å². The van der Waals surface area contributed by atoms with Crippen molar-refractivity contribution < 1.29 is 9.53 Å². The van der Waals surface area contributed by atoms with Crippen LogP contribution >= 0.6 is 11.6 Å². The lowest BCUT2D eigenvalue weighted by molar-refractivity contribution is -0.157. The molecule has 2 heterocycles. The van der Waals surface area contributed by atoms with Gasteiger partial charge in [0, 0.05) is 18.1 Å². The maximum absolute atomic E-state index is 12.2. The lowest BCUT2D eigenvalue weighted by Gasteiger charge is -2.44. The number of carbonyl (C=O) groups is 1. The molecule has 0 saturated carbocycles. The maximum Gasteiger partial charge on any atom is 0.249 e. The number of hydrogen-bond donors (Lipinski definition) is 1. The van der Waals surface area contributed by atoms with Crippen LogP contribution in [0.5, 0.6) is 0 Å². The highest BCUT2D eigenvalue weighted by Gasteiger charge is 2.45. The molecule has 1 atom stereocenters. The fraction of sp³-hybridized carbons (Fsp3) is 0.500. The number of halogens is 1. The van der Waals surface area contributed by atoms with Gasteiger partial charge in [0.1, 0.15) is 6.61 Å². The van der Waals surface area contributed by atoms with Crippen LogP contribution in [-0.4, -0.2) is 42.6 Å². The minimum Gasteiger partial charge on any atom is -0.369 e. The van der Waals surface area contributed by atoms with E-state index in [0.717, 1.165) is 25.1 Å². The molecule has 102 valence electrons. The average Bonchev–Trinajstić information content (AvgIpc) is 2.84. The molecule has 2 aliphatic heterocycles. The molecule has 1 N–H and O–H groups in total. The van der Waals surface area contributed by atoms with Gasteiger partial charge >= 0.3 is 0 Å². The van der Waals surface area contributed by atoms with E-state index in [2.05, 4.69) is 5.32 Å². The molecule has 2 fully saturated rings. The van der Waals surface area contributed by atoms with Crippen LogP contribution in [-0.2, 0) is 16.1 Å². The molecule has 1 amide bonds. The highest BCUT2D eigenvalue weighted by Crippen LogP contribution is 2.29. The summed E-state index contributed by atoms with van der Waals surface area (Å²) in [5.41, 5.74) is 0.881. The molecule has 1 unspecified atom stereocenters. The lowest BCUT2D eigenvalue weighted by atomic mass is 9.94. The van der Waals surface area contributed by atoms with Gasteiger partial charge in [0.15, 0.2) is 0 Å². The second-order valence-corrected chi connectivity index (χ2v) is 5.69. The summed E-state index contributed by atoms with van der Waals surface area (Å²) in [6.07, 6.45) is 0.944. The van der Waals surface area contributed by atoms with Gasteiger partial charge < -0.3 is 15.0 Å². The van der Waals surface area contributed by atoms with Crippen LogP contribution < -0.4 is 5.32 Å². The highest BCUT2D eigenvalue weighted by atomic mass is 35.5. The summed E-state index contributed by atoms with van der Waals surface area (Å²) in [5.74, 6) is 0.0647. The minimum absolute atomic E-state index is 0.0647. The van der Waals surface area contributed by atoms with E-state index in [9.17, 15) is 4.79 Å². The van der Waals surface area contributed by atoms with Gasteiger partial charge in [-0.05, 0) is 30.7 Å². The third-order valence-electron chi connectivity index (χ3n) is 3.92. The SMILES string of the molecule is O=C1COCC2(CCNC2)N1Cc1cccc(Cl)c1. The zero-order valence-corrected chi connectivity index (χ0v) is 11.4. The Hall–Kier alpha value is -1.10. The molecular formula is C14H17ClN2O2. The number of amides is 1. The Morgan fingerprint density at radius 2 is 2.37 bits per heavy atom. The number of benzene rings is 1. The fourth-order valence-corrected chi connectivity index (χ4v) is 3.12. The number of nitrogens with one attached hydrogen (secondary N) is 1. The van der Waals surface area contributed by atoms with Gasteiger partial charge in [0.2, 0.25) is 5.91 Å². The summed E-state index contributed by atoms with van der Waals surface area (Å²) >= 11 is 6.01. The molecule has 4 nitrogen and oxygen atoms in total. The van der Waals surface area contributed by atoms with Gasteiger partial charge in [0.05, 0.1) is 12.1 Å². The van der Waals surface area contributed by atoms with Gasteiger partial charge in [-0.25, -0.2) is 0 Å². The zero-order valence-electron chi connectivity index (χ0n) is 10.7. The van der Waals surface area contributed by atoms with Crippen molar-refractivity contribution in [1.82, 2.24) is 10.2 Å². The second kappa shape index (κ2) is 5.12. The van der Waals surface area contributed by atoms with Crippen LogP contribution in [0.4, 0.5) is 0 Å². The Labute approximate surface area is 117 Å². The van der Waals surface area contributed by atoms with E-state index in [1.165, 1.54) is 0 Å². The normalized spacial score (nSPS) is 27.2. The minimum atomic E-state index is -0.183. The monoisotopic (exact) mass is 280 g/mol. The van der Waals surface area contributed by atoms with Crippen molar-refractivity contribution in [1.29, 1.82) is 0 Å². The Bertz CT molecular complexity index is 486. The summed E-state index contributed by atoms with van der Waals surface area (Å²) in [4.78, 5) is 14.1. The summed E-state index contributed by atoms with van der Waals surface area (Å²) < 4.78 is 5.45. The van der Waals surface area contributed by atoms with Crippen LogP contribution in [0.1, 0.15) is 12.0 Å². The first kappa shape index (κ1) is 12.9. The molecule has 0 radical (unpaired) electrons. The molecule has 2 aliphatic rings. The lowest BCUT2D eigenvalue weighted by Crippen LogP contribution is -2.60. The number of rotatable bonds is 2. The van der Waals surface area contributed by atoms with Crippen molar-refractivity contribution in [3.8, 4) is 0 Å². The van der Waals surface area contributed by atoms with E-state index in [-0.39, 0.29) is 18.1 Å². The molecule has 1 aromatic rings. The predicted octanol–water partition coefficient (Wildman–Crippen LogP) is 1.43. The zero-order chi connectivity index (χ0) is 13.3. The first-order valence-corrected chi connectivity index (χ1v) is 6.91. The van der Waals surface area contributed by atoms with Gasteiger partial charge in [-0.2, -0.15) is 0 Å². The van der Waals surface area contributed by atoms with Crippen molar-refractivity contribution in [2.24, 2.45) is 0 Å². The topological polar surface area (TPSA) is 41.6 Å². The molecule has 0 aliphatic carbocycles. The van der Waals surface area contributed by atoms with Crippen LogP contribution in [0.3, 0.4) is 0 Å². The number of morpholine rings is 1. The maximum atomic E-state index is 12.2. The summed E-state index contributed by atoms with van der Waals surface area (Å²) in [6, 6.07) is 7.69. The Morgan fingerprint density at radius 1 is 1.47 bits per heavy atom. The standard InChI is InChI=1S/C14H17ClN2O2/c15-12-3-1-2-11(6-12)7-17-13(18)8-19-10-14(17)4-5-16-9-14/h1-3,6,16H,4-5,7-10H2. The van der Waals surface area contributed by atoms with Gasteiger partial charge in [-0.3, -0.25) is 4.79 Å². The number of ether oxygens (including phenoxy) is 1. The van der Waals surface area contributed by atoms with Crippen LogP contribution in [0, 0.1) is 0 Å². The van der Waals surface area contributed by atoms with Crippen molar-refractivity contribution >= 4 is 17.5 Å². The first-order chi connectivity index (χ1) is 9.20. The summed E-state index contributed by atoms with van der Waals surface area (Å²) in [7, 11) is 0. The molecule has 0 aromatic heterocycles. The third kappa shape index (κ3) is 2.48. The van der Waals surface area contributed by atoms with E-state index in [1.54, 1.807) is 0 Å². The third-order valence-corrected chi connectivity index (χ3v) is 4.16. The van der Waals surface area contributed by atoms with Crippen molar-refractivity contribution in [3.63, 3.8) is 0 Å². The molecule has 2 saturated heterocycles. The van der Waals surface area contributed by atoms with Crippen LogP contribution in [0.15, 0.2) is 24.3 Å². The Kier molecular flexibility index (Phi) is 3.48. The van der Waals surface area contributed by atoms with Gasteiger partial charge in [0.25, 0.3) is 0 Å². The van der Waals surface area contributed by atoms with E-state index < -0.39 is 0 Å². The molecule has 1 spiro atoms. The molecule has 0 bridgehead atoms. The molecule has 1 aromatic carbocycles. The number of hydrogen-bond acceptors (Lipinski definition) is 3. The Morgan fingerprint density at radius 3 is 3.11 bits per heavy atom. The quantitative estimate of drug-likeness (QED) is 0.891. The first-order valence-electron chi connectivity index (χ1n) is 6.53. The number of nitrogens with zero attached hydrogens (tertiary/aromatic N) is 1. The van der Waals surface area contributed by atoms with Crippen LogP contribution in [0.2, 0.25) is 5.02 Å². The molecule has 3 rings (SSSR count). The van der Waals surface area contributed by atoms with Gasteiger partial charge in [-0.1, -0.05) is 23.7 Å². The highest BCUT2D eigenvalue weighted by molar-refractivity contribution is 6.30. The van der Waals surface area contributed by atoms with Crippen molar-refractivity contribution in [3.05, 3.63) is 34.9 Å². The smallest absolute Gasteiger partial charge is 0.249 e. The Balaban J connectivity index is 1.85. The fourth-order valence-electron chi connectivity index (χ4n) is 2.91.